The number of carbonyl (C=O) groups is 1. The lowest BCUT2D eigenvalue weighted by atomic mass is 10.2. The highest BCUT2D eigenvalue weighted by molar-refractivity contribution is 5.95. The molecule has 0 fully saturated rings. The van der Waals surface area contributed by atoms with Crippen molar-refractivity contribution in [3.63, 3.8) is 0 Å². The third-order valence-electron chi connectivity index (χ3n) is 3.12. The van der Waals surface area contributed by atoms with Gasteiger partial charge in [-0.1, -0.05) is 30.3 Å². The maximum absolute atomic E-state index is 12.3. The van der Waals surface area contributed by atoms with Crippen molar-refractivity contribution in [1.82, 2.24) is 0 Å². The standard InChI is InChI=1S/C17H19NO2/c1-13-8-7-11-16(12-13)20-14(2)17(19)18(3)15-9-5-4-6-10-15/h4-12,14H,1-3H3/t14-/m1/s1. The highest BCUT2D eigenvalue weighted by atomic mass is 16.5. The van der Waals surface area contributed by atoms with Gasteiger partial charge in [0.05, 0.1) is 0 Å². The molecule has 1 atom stereocenters. The van der Waals surface area contributed by atoms with Gasteiger partial charge in [0.25, 0.3) is 5.91 Å². The van der Waals surface area contributed by atoms with E-state index in [2.05, 4.69) is 0 Å². The van der Waals surface area contributed by atoms with Crippen LogP contribution in [0.1, 0.15) is 12.5 Å². The normalized spacial score (nSPS) is 11.8. The predicted octanol–water partition coefficient (Wildman–Crippen LogP) is 3.43. The van der Waals surface area contributed by atoms with Crippen molar-refractivity contribution >= 4 is 11.6 Å². The molecule has 0 aliphatic heterocycles. The molecule has 2 rings (SSSR count). The molecule has 0 saturated heterocycles. The fourth-order valence-electron chi connectivity index (χ4n) is 1.99. The summed E-state index contributed by atoms with van der Waals surface area (Å²) in [5.41, 5.74) is 1.97. The van der Waals surface area contributed by atoms with E-state index in [1.165, 1.54) is 0 Å². The van der Waals surface area contributed by atoms with Crippen LogP contribution >= 0.6 is 0 Å². The summed E-state index contributed by atoms with van der Waals surface area (Å²) in [5, 5.41) is 0. The number of para-hydroxylation sites is 1. The van der Waals surface area contributed by atoms with Gasteiger partial charge in [-0.15, -0.1) is 0 Å². The highest BCUT2D eigenvalue weighted by Gasteiger charge is 2.20. The summed E-state index contributed by atoms with van der Waals surface area (Å²) in [6, 6.07) is 17.2. The molecule has 0 aliphatic carbocycles. The van der Waals surface area contributed by atoms with Crippen molar-refractivity contribution in [2.24, 2.45) is 0 Å². The quantitative estimate of drug-likeness (QED) is 0.851. The number of hydrogen-bond donors (Lipinski definition) is 0. The van der Waals surface area contributed by atoms with E-state index < -0.39 is 6.10 Å². The molecule has 0 aromatic heterocycles. The van der Waals surface area contributed by atoms with E-state index in [4.69, 9.17) is 4.74 Å². The summed E-state index contributed by atoms with van der Waals surface area (Å²) in [5.74, 6) is 0.644. The van der Waals surface area contributed by atoms with Gasteiger partial charge in [-0.25, -0.2) is 0 Å². The van der Waals surface area contributed by atoms with Crippen LogP contribution in [0.15, 0.2) is 54.6 Å². The van der Waals surface area contributed by atoms with Gasteiger partial charge in [0, 0.05) is 12.7 Å². The zero-order valence-corrected chi connectivity index (χ0v) is 12.0. The van der Waals surface area contributed by atoms with E-state index in [-0.39, 0.29) is 5.91 Å². The molecule has 0 saturated carbocycles. The lowest BCUT2D eigenvalue weighted by Gasteiger charge is -2.22. The van der Waals surface area contributed by atoms with Crippen LogP contribution in [0.4, 0.5) is 5.69 Å². The maximum Gasteiger partial charge on any atom is 0.267 e. The molecule has 20 heavy (non-hydrogen) atoms. The number of carbonyl (C=O) groups excluding carboxylic acids is 1. The molecule has 3 heteroatoms. The second-order valence-corrected chi connectivity index (χ2v) is 4.81. The first-order chi connectivity index (χ1) is 9.58. The van der Waals surface area contributed by atoms with E-state index in [1.807, 2.05) is 61.5 Å². The van der Waals surface area contributed by atoms with Gasteiger partial charge < -0.3 is 9.64 Å². The molecule has 1 amide bonds. The number of benzene rings is 2. The first-order valence-corrected chi connectivity index (χ1v) is 6.64. The Balaban J connectivity index is 2.05. The van der Waals surface area contributed by atoms with Crippen molar-refractivity contribution < 1.29 is 9.53 Å². The van der Waals surface area contributed by atoms with Gasteiger partial charge >= 0.3 is 0 Å². The van der Waals surface area contributed by atoms with Crippen molar-refractivity contribution in [3.8, 4) is 5.75 Å². The number of nitrogens with zero attached hydrogens (tertiary/aromatic N) is 1. The Morgan fingerprint density at radius 1 is 1.10 bits per heavy atom. The van der Waals surface area contributed by atoms with Gasteiger partial charge in [0.1, 0.15) is 5.75 Å². The largest absolute Gasteiger partial charge is 0.481 e. The number of hydrogen-bond acceptors (Lipinski definition) is 2. The number of anilines is 1. The molecule has 0 N–H and O–H groups in total. The minimum absolute atomic E-state index is 0.0716. The van der Waals surface area contributed by atoms with Crippen LogP contribution in [0.25, 0.3) is 0 Å². The number of ether oxygens (including phenoxy) is 1. The van der Waals surface area contributed by atoms with E-state index in [0.717, 1.165) is 11.3 Å². The molecule has 2 aromatic rings. The molecule has 0 radical (unpaired) electrons. The summed E-state index contributed by atoms with van der Waals surface area (Å²) in [4.78, 5) is 13.9. The smallest absolute Gasteiger partial charge is 0.267 e. The first kappa shape index (κ1) is 14.1. The topological polar surface area (TPSA) is 29.5 Å². The van der Waals surface area contributed by atoms with E-state index in [1.54, 1.807) is 18.9 Å². The summed E-state index contributed by atoms with van der Waals surface area (Å²) in [6.07, 6.45) is -0.526. The van der Waals surface area contributed by atoms with Crippen LogP contribution in [0.3, 0.4) is 0 Å². The molecule has 0 bridgehead atoms. The fourth-order valence-corrected chi connectivity index (χ4v) is 1.99. The Labute approximate surface area is 119 Å². The van der Waals surface area contributed by atoms with Gasteiger partial charge in [-0.2, -0.15) is 0 Å². The number of rotatable bonds is 4. The minimum atomic E-state index is -0.526. The minimum Gasteiger partial charge on any atom is -0.481 e. The van der Waals surface area contributed by atoms with E-state index in [9.17, 15) is 4.79 Å². The van der Waals surface area contributed by atoms with Crippen LogP contribution in [0.5, 0.6) is 5.75 Å². The second-order valence-electron chi connectivity index (χ2n) is 4.81. The first-order valence-electron chi connectivity index (χ1n) is 6.64. The summed E-state index contributed by atoms with van der Waals surface area (Å²) in [6.45, 7) is 3.76. The van der Waals surface area contributed by atoms with Crippen molar-refractivity contribution in [2.45, 2.75) is 20.0 Å². The molecular weight excluding hydrogens is 250 g/mol. The predicted molar refractivity (Wildman–Crippen MR) is 81.1 cm³/mol. The lowest BCUT2D eigenvalue weighted by Crippen LogP contribution is -2.37. The fraction of sp³-hybridized carbons (Fsp3) is 0.235. The Morgan fingerprint density at radius 3 is 2.45 bits per heavy atom. The van der Waals surface area contributed by atoms with Crippen molar-refractivity contribution in [3.05, 3.63) is 60.2 Å². The Hall–Kier alpha value is -2.29. The van der Waals surface area contributed by atoms with Crippen molar-refractivity contribution in [2.75, 3.05) is 11.9 Å². The summed E-state index contributed by atoms with van der Waals surface area (Å²) < 4.78 is 5.71. The Bertz CT molecular complexity index is 581. The van der Waals surface area contributed by atoms with Crippen molar-refractivity contribution in [1.29, 1.82) is 0 Å². The van der Waals surface area contributed by atoms with E-state index >= 15 is 0 Å². The molecule has 104 valence electrons. The molecular formula is C17H19NO2. The maximum atomic E-state index is 12.3. The third-order valence-corrected chi connectivity index (χ3v) is 3.12. The zero-order chi connectivity index (χ0) is 14.5. The van der Waals surface area contributed by atoms with Crippen LogP contribution in [0, 0.1) is 6.92 Å². The summed E-state index contributed by atoms with van der Waals surface area (Å²) in [7, 11) is 1.76. The van der Waals surface area contributed by atoms with Gasteiger partial charge in [0.2, 0.25) is 0 Å². The van der Waals surface area contributed by atoms with Crippen LogP contribution in [-0.4, -0.2) is 19.1 Å². The molecule has 0 heterocycles. The number of amides is 1. The average Bonchev–Trinajstić information content (AvgIpc) is 2.46. The average molecular weight is 269 g/mol. The van der Waals surface area contributed by atoms with Gasteiger partial charge in [-0.05, 0) is 43.7 Å². The number of aryl methyl sites for hydroxylation is 1. The molecule has 3 nitrogen and oxygen atoms in total. The Morgan fingerprint density at radius 2 is 1.80 bits per heavy atom. The van der Waals surface area contributed by atoms with Gasteiger partial charge in [-0.3, -0.25) is 4.79 Å². The van der Waals surface area contributed by atoms with Crippen LogP contribution < -0.4 is 9.64 Å². The SMILES string of the molecule is Cc1cccc(O[C@H](C)C(=O)N(C)c2ccccc2)c1. The number of likely N-dealkylation sites (N-methyl/N-ethyl adjacent to an activating group) is 1. The summed E-state index contributed by atoms with van der Waals surface area (Å²) >= 11 is 0. The molecule has 0 spiro atoms. The van der Waals surface area contributed by atoms with Crippen LogP contribution in [-0.2, 0) is 4.79 Å². The van der Waals surface area contributed by atoms with Gasteiger partial charge in [0.15, 0.2) is 6.10 Å². The molecule has 0 aliphatic rings. The van der Waals surface area contributed by atoms with E-state index in [0.29, 0.717) is 5.75 Å². The molecule has 2 aromatic carbocycles. The highest BCUT2D eigenvalue weighted by Crippen LogP contribution is 2.17. The monoisotopic (exact) mass is 269 g/mol. The van der Waals surface area contributed by atoms with Crippen LogP contribution in [0.2, 0.25) is 0 Å². The molecule has 0 unspecified atom stereocenters. The third kappa shape index (κ3) is 3.38. The lowest BCUT2D eigenvalue weighted by molar-refractivity contribution is -0.124. The Kier molecular flexibility index (Phi) is 4.41. The second kappa shape index (κ2) is 6.24. The zero-order valence-electron chi connectivity index (χ0n) is 12.0.